The van der Waals surface area contributed by atoms with Gasteiger partial charge in [-0.25, -0.2) is 4.98 Å². The average Bonchev–Trinajstić information content (AvgIpc) is 2.74. The third-order valence-electron chi connectivity index (χ3n) is 3.17. The standard InChI is InChI=1S/C13H17ClN2O.ClH/c1-3-10-7-12(8-15-13(10)14)17-9-11-5-4-6-16(11)2;/h3,7-8,11H,1,4-6,9H2,2H3;1H/t11-;/m0./s1. The molecule has 100 valence electrons. The van der Waals surface area contributed by atoms with E-state index in [0.29, 0.717) is 17.8 Å². The number of likely N-dealkylation sites (tertiary alicyclic amines) is 1. The van der Waals surface area contributed by atoms with Gasteiger partial charge in [-0.05, 0) is 32.5 Å². The summed E-state index contributed by atoms with van der Waals surface area (Å²) in [6, 6.07) is 2.38. The van der Waals surface area contributed by atoms with Crippen LogP contribution in [0, 0.1) is 0 Å². The monoisotopic (exact) mass is 288 g/mol. The number of aromatic nitrogens is 1. The summed E-state index contributed by atoms with van der Waals surface area (Å²) in [5.41, 5.74) is 0.809. The second-order valence-corrected chi connectivity index (χ2v) is 4.70. The topological polar surface area (TPSA) is 25.4 Å². The third-order valence-corrected chi connectivity index (χ3v) is 3.49. The van der Waals surface area contributed by atoms with E-state index in [4.69, 9.17) is 16.3 Å². The summed E-state index contributed by atoms with van der Waals surface area (Å²) in [7, 11) is 2.14. The van der Waals surface area contributed by atoms with Crippen LogP contribution in [0.3, 0.4) is 0 Å². The van der Waals surface area contributed by atoms with Gasteiger partial charge in [-0.3, -0.25) is 0 Å². The van der Waals surface area contributed by atoms with Crippen molar-refractivity contribution in [2.24, 2.45) is 0 Å². The van der Waals surface area contributed by atoms with Crippen molar-refractivity contribution in [3.63, 3.8) is 0 Å². The molecular formula is C13H18Cl2N2O. The van der Waals surface area contributed by atoms with Gasteiger partial charge in [-0.2, -0.15) is 0 Å². The number of halogens is 2. The summed E-state index contributed by atoms with van der Waals surface area (Å²) in [6.45, 7) is 5.56. The molecule has 5 heteroatoms. The molecule has 0 amide bonds. The fourth-order valence-electron chi connectivity index (χ4n) is 2.05. The minimum atomic E-state index is 0. The van der Waals surface area contributed by atoms with E-state index in [-0.39, 0.29) is 12.4 Å². The minimum Gasteiger partial charge on any atom is -0.490 e. The smallest absolute Gasteiger partial charge is 0.138 e. The molecule has 0 bridgehead atoms. The van der Waals surface area contributed by atoms with Crippen molar-refractivity contribution in [3.05, 3.63) is 29.6 Å². The highest BCUT2D eigenvalue weighted by molar-refractivity contribution is 6.30. The van der Waals surface area contributed by atoms with Crippen LogP contribution in [-0.2, 0) is 0 Å². The highest BCUT2D eigenvalue weighted by Gasteiger charge is 2.21. The average molecular weight is 289 g/mol. The Morgan fingerprint density at radius 3 is 3.06 bits per heavy atom. The van der Waals surface area contributed by atoms with E-state index < -0.39 is 0 Å². The van der Waals surface area contributed by atoms with E-state index in [1.165, 1.54) is 12.8 Å². The molecule has 18 heavy (non-hydrogen) atoms. The zero-order valence-electron chi connectivity index (χ0n) is 10.4. The molecule has 1 atom stereocenters. The molecule has 3 nitrogen and oxygen atoms in total. The zero-order valence-corrected chi connectivity index (χ0v) is 12.0. The molecule has 1 aliphatic rings. The third kappa shape index (κ3) is 3.61. The lowest BCUT2D eigenvalue weighted by atomic mass is 10.2. The number of nitrogens with zero attached hydrogens (tertiary/aromatic N) is 2. The lowest BCUT2D eigenvalue weighted by molar-refractivity contribution is 0.198. The van der Waals surface area contributed by atoms with Gasteiger partial charge in [-0.1, -0.05) is 24.3 Å². The van der Waals surface area contributed by atoms with Crippen LogP contribution in [0.25, 0.3) is 6.08 Å². The Bertz CT molecular complexity index is 412. The molecule has 0 aromatic carbocycles. The molecule has 0 spiro atoms. The number of hydrogen-bond donors (Lipinski definition) is 0. The van der Waals surface area contributed by atoms with Crippen molar-refractivity contribution in [2.45, 2.75) is 18.9 Å². The van der Waals surface area contributed by atoms with Gasteiger partial charge >= 0.3 is 0 Å². The minimum absolute atomic E-state index is 0. The van der Waals surface area contributed by atoms with E-state index in [0.717, 1.165) is 17.9 Å². The quantitative estimate of drug-likeness (QED) is 0.795. The lowest BCUT2D eigenvalue weighted by Gasteiger charge is -2.19. The molecule has 2 heterocycles. The summed E-state index contributed by atoms with van der Waals surface area (Å²) in [4.78, 5) is 6.40. The lowest BCUT2D eigenvalue weighted by Crippen LogP contribution is -2.30. The van der Waals surface area contributed by atoms with Gasteiger partial charge < -0.3 is 9.64 Å². The predicted octanol–water partition coefficient (Wildman–Crippen LogP) is 3.27. The van der Waals surface area contributed by atoms with Gasteiger partial charge in [-0.15, -0.1) is 12.4 Å². The van der Waals surface area contributed by atoms with Gasteiger partial charge in [0.15, 0.2) is 0 Å². The molecule has 0 N–H and O–H groups in total. The molecule has 0 radical (unpaired) electrons. The number of pyridine rings is 1. The second-order valence-electron chi connectivity index (χ2n) is 4.34. The molecule has 1 aromatic heterocycles. The van der Waals surface area contributed by atoms with E-state index in [1.54, 1.807) is 12.3 Å². The Kier molecular flexibility index (Phi) is 5.93. The molecule has 0 unspecified atom stereocenters. The maximum Gasteiger partial charge on any atom is 0.138 e. The molecule has 2 rings (SSSR count). The van der Waals surface area contributed by atoms with Crippen LogP contribution in [0.4, 0.5) is 0 Å². The van der Waals surface area contributed by atoms with Crippen LogP contribution in [-0.4, -0.2) is 36.1 Å². The Balaban J connectivity index is 0.00000162. The maximum absolute atomic E-state index is 5.90. The number of hydrogen-bond acceptors (Lipinski definition) is 3. The van der Waals surface area contributed by atoms with E-state index in [2.05, 4.69) is 23.5 Å². The molecule has 1 saturated heterocycles. The zero-order chi connectivity index (χ0) is 12.3. The summed E-state index contributed by atoms with van der Waals surface area (Å²) in [5.74, 6) is 0.754. The maximum atomic E-state index is 5.90. The van der Waals surface area contributed by atoms with Crippen LogP contribution in [0.1, 0.15) is 18.4 Å². The Morgan fingerprint density at radius 1 is 1.67 bits per heavy atom. The largest absolute Gasteiger partial charge is 0.490 e. The highest BCUT2D eigenvalue weighted by Crippen LogP contribution is 2.21. The molecule has 1 aliphatic heterocycles. The van der Waals surface area contributed by atoms with E-state index in [1.807, 2.05) is 6.07 Å². The van der Waals surface area contributed by atoms with Crippen molar-refractivity contribution in [1.29, 1.82) is 0 Å². The molecule has 1 fully saturated rings. The first kappa shape index (κ1) is 15.3. The molecule has 0 aliphatic carbocycles. The van der Waals surface area contributed by atoms with Gasteiger partial charge in [0.1, 0.15) is 17.5 Å². The first-order chi connectivity index (χ1) is 8.20. The normalized spacial score (nSPS) is 19.3. The summed E-state index contributed by atoms with van der Waals surface area (Å²) < 4.78 is 5.75. The van der Waals surface area contributed by atoms with E-state index >= 15 is 0 Å². The number of ether oxygens (including phenoxy) is 1. The Labute approximate surface area is 119 Å². The first-order valence-electron chi connectivity index (χ1n) is 5.81. The molecule has 0 saturated carbocycles. The summed E-state index contributed by atoms with van der Waals surface area (Å²) >= 11 is 5.90. The van der Waals surface area contributed by atoms with Gasteiger partial charge in [0.2, 0.25) is 0 Å². The Hall–Kier alpha value is -0.770. The first-order valence-corrected chi connectivity index (χ1v) is 6.19. The fourth-order valence-corrected chi connectivity index (χ4v) is 2.23. The van der Waals surface area contributed by atoms with Gasteiger partial charge in [0.25, 0.3) is 0 Å². The number of rotatable bonds is 4. The van der Waals surface area contributed by atoms with Crippen molar-refractivity contribution in [2.75, 3.05) is 20.2 Å². The van der Waals surface area contributed by atoms with Crippen molar-refractivity contribution >= 4 is 30.1 Å². The van der Waals surface area contributed by atoms with E-state index in [9.17, 15) is 0 Å². The van der Waals surface area contributed by atoms with Crippen LogP contribution < -0.4 is 4.74 Å². The van der Waals surface area contributed by atoms with Crippen molar-refractivity contribution in [1.82, 2.24) is 9.88 Å². The highest BCUT2D eigenvalue weighted by atomic mass is 35.5. The van der Waals surface area contributed by atoms with Crippen LogP contribution in [0.5, 0.6) is 5.75 Å². The SMILES string of the molecule is C=Cc1cc(OC[C@@H]2CCCN2C)cnc1Cl.Cl. The fraction of sp³-hybridized carbons (Fsp3) is 0.462. The van der Waals surface area contributed by atoms with Crippen LogP contribution >= 0.6 is 24.0 Å². The van der Waals surface area contributed by atoms with Crippen LogP contribution in [0.15, 0.2) is 18.8 Å². The molecule has 1 aromatic rings. The summed E-state index contributed by atoms with van der Waals surface area (Å²) in [6.07, 6.45) is 5.79. The second kappa shape index (κ2) is 6.98. The summed E-state index contributed by atoms with van der Waals surface area (Å²) in [5, 5.41) is 0.463. The van der Waals surface area contributed by atoms with Gasteiger partial charge in [0, 0.05) is 11.6 Å². The predicted molar refractivity (Wildman–Crippen MR) is 77.7 cm³/mol. The van der Waals surface area contributed by atoms with Gasteiger partial charge in [0.05, 0.1) is 6.20 Å². The Morgan fingerprint density at radius 2 is 2.44 bits per heavy atom. The number of likely N-dealkylation sites (N-methyl/N-ethyl adjacent to an activating group) is 1. The molecular weight excluding hydrogens is 271 g/mol. The van der Waals surface area contributed by atoms with Crippen LogP contribution in [0.2, 0.25) is 5.15 Å². The van der Waals surface area contributed by atoms with Crippen molar-refractivity contribution < 1.29 is 4.74 Å². The van der Waals surface area contributed by atoms with Crippen molar-refractivity contribution in [3.8, 4) is 5.75 Å².